The Balaban J connectivity index is 2.41. The molecule has 0 aliphatic heterocycles. The highest BCUT2D eigenvalue weighted by molar-refractivity contribution is 7.80. The molecule has 0 amide bonds. The number of benzene rings is 1. The van der Waals surface area contributed by atoms with E-state index in [2.05, 4.69) is 10.3 Å². The first-order valence-electron chi connectivity index (χ1n) is 9.27. The van der Waals surface area contributed by atoms with Crippen LogP contribution in [0.5, 0.6) is 5.75 Å². The van der Waals surface area contributed by atoms with E-state index >= 15 is 0 Å². The summed E-state index contributed by atoms with van der Waals surface area (Å²) >= 11 is 5.53. The summed E-state index contributed by atoms with van der Waals surface area (Å²) in [6.07, 6.45) is 1.63. The number of H-pyrrole nitrogens is 1. The van der Waals surface area contributed by atoms with E-state index in [1.807, 2.05) is 6.92 Å². The van der Waals surface area contributed by atoms with Crippen LogP contribution >= 0.6 is 12.2 Å². The summed E-state index contributed by atoms with van der Waals surface area (Å²) < 4.78 is 11.7. The van der Waals surface area contributed by atoms with Crippen LogP contribution in [0.4, 0.5) is 17.2 Å². The summed E-state index contributed by atoms with van der Waals surface area (Å²) in [7, 11) is 3.13. The summed E-state index contributed by atoms with van der Waals surface area (Å²) in [6, 6.07) is 7.18. The zero-order chi connectivity index (χ0) is 21.4. The molecule has 1 aromatic heterocycles. The summed E-state index contributed by atoms with van der Waals surface area (Å²) in [5.41, 5.74) is 5.92. The highest BCUT2D eigenvalue weighted by Gasteiger charge is 2.22. The van der Waals surface area contributed by atoms with E-state index in [1.165, 1.54) is 4.57 Å². The highest BCUT2D eigenvalue weighted by Crippen LogP contribution is 2.20. The molecule has 158 valence electrons. The first-order valence-corrected chi connectivity index (χ1v) is 9.67. The van der Waals surface area contributed by atoms with Crippen LogP contribution in [0.3, 0.4) is 0 Å². The monoisotopic (exact) mass is 421 g/mol. The maximum atomic E-state index is 12.6. The number of aromatic amines is 1. The van der Waals surface area contributed by atoms with Crippen molar-refractivity contribution in [2.75, 3.05) is 43.3 Å². The third-order valence-corrected chi connectivity index (χ3v) is 4.65. The molecule has 0 spiro atoms. The topological polar surface area (TPSA) is 115 Å². The molecule has 0 bridgehead atoms. The Kier molecular flexibility index (Phi) is 8.22. The number of nitrogens with zero attached hydrogens (tertiary/aromatic N) is 2. The molecule has 0 radical (unpaired) electrons. The van der Waals surface area contributed by atoms with Crippen molar-refractivity contribution < 1.29 is 9.47 Å². The van der Waals surface area contributed by atoms with E-state index < -0.39 is 11.2 Å². The molecule has 0 aliphatic rings. The van der Waals surface area contributed by atoms with Crippen molar-refractivity contribution >= 4 is 34.5 Å². The quantitative estimate of drug-likeness (QED) is 0.525. The SMILES string of the molecule is CCCCn1c(N)c(N(CCOC)C(=S)Nc2ccc(OC)cc2)c(=O)[nH]c1=O. The minimum absolute atomic E-state index is 0.0715. The Morgan fingerprint density at radius 2 is 1.97 bits per heavy atom. The van der Waals surface area contributed by atoms with E-state index in [0.29, 0.717) is 24.6 Å². The normalized spacial score (nSPS) is 10.6. The lowest BCUT2D eigenvalue weighted by Gasteiger charge is -2.27. The Bertz CT molecular complexity index is 939. The number of rotatable bonds is 9. The Hall–Kier alpha value is -2.85. The van der Waals surface area contributed by atoms with E-state index in [1.54, 1.807) is 43.4 Å². The van der Waals surface area contributed by atoms with E-state index in [0.717, 1.165) is 12.8 Å². The summed E-state index contributed by atoms with van der Waals surface area (Å²) in [4.78, 5) is 28.7. The van der Waals surface area contributed by atoms with Crippen LogP contribution in [0, 0.1) is 0 Å². The third kappa shape index (κ3) is 5.58. The Labute approximate surface area is 174 Å². The van der Waals surface area contributed by atoms with Crippen LogP contribution in [0.2, 0.25) is 0 Å². The molecular weight excluding hydrogens is 394 g/mol. The smallest absolute Gasteiger partial charge is 0.330 e. The van der Waals surface area contributed by atoms with Crippen LogP contribution in [0.15, 0.2) is 33.9 Å². The molecule has 0 saturated heterocycles. The minimum atomic E-state index is -0.602. The average Bonchev–Trinajstić information content (AvgIpc) is 2.70. The van der Waals surface area contributed by atoms with Gasteiger partial charge in [0.15, 0.2) is 10.8 Å². The molecule has 1 aromatic carbocycles. The number of aromatic nitrogens is 2. The number of anilines is 3. The van der Waals surface area contributed by atoms with Gasteiger partial charge in [-0.25, -0.2) is 4.79 Å². The fourth-order valence-corrected chi connectivity index (χ4v) is 3.04. The second kappa shape index (κ2) is 10.6. The van der Waals surface area contributed by atoms with Gasteiger partial charge in [-0.15, -0.1) is 0 Å². The van der Waals surface area contributed by atoms with Crippen molar-refractivity contribution in [2.24, 2.45) is 0 Å². The van der Waals surface area contributed by atoms with Gasteiger partial charge >= 0.3 is 5.69 Å². The second-order valence-electron chi connectivity index (χ2n) is 6.30. The van der Waals surface area contributed by atoms with Crippen molar-refractivity contribution in [3.05, 3.63) is 45.1 Å². The predicted molar refractivity (Wildman–Crippen MR) is 119 cm³/mol. The van der Waals surface area contributed by atoms with Crippen molar-refractivity contribution in [3.63, 3.8) is 0 Å². The molecule has 4 N–H and O–H groups in total. The van der Waals surface area contributed by atoms with Gasteiger partial charge in [0.25, 0.3) is 5.56 Å². The van der Waals surface area contributed by atoms with Gasteiger partial charge in [-0.1, -0.05) is 13.3 Å². The second-order valence-corrected chi connectivity index (χ2v) is 6.69. The van der Waals surface area contributed by atoms with Crippen LogP contribution in [0.25, 0.3) is 0 Å². The van der Waals surface area contributed by atoms with Crippen molar-refractivity contribution in [3.8, 4) is 5.75 Å². The number of nitrogens with one attached hydrogen (secondary N) is 2. The Morgan fingerprint density at radius 1 is 1.28 bits per heavy atom. The summed E-state index contributed by atoms with van der Waals surface area (Å²) in [6.45, 7) is 2.99. The van der Waals surface area contributed by atoms with Gasteiger partial charge in [0.2, 0.25) is 0 Å². The molecule has 2 rings (SSSR count). The molecule has 0 aliphatic carbocycles. The number of methoxy groups -OCH3 is 2. The van der Waals surface area contributed by atoms with Crippen molar-refractivity contribution in [2.45, 2.75) is 26.3 Å². The summed E-state index contributed by atoms with van der Waals surface area (Å²) in [5, 5.41) is 3.34. The van der Waals surface area contributed by atoms with Gasteiger partial charge in [0.05, 0.1) is 13.7 Å². The van der Waals surface area contributed by atoms with Gasteiger partial charge in [0.1, 0.15) is 11.6 Å². The number of nitrogens with two attached hydrogens (primary N) is 1. The van der Waals surface area contributed by atoms with Gasteiger partial charge in [-0.2, -0.15) is 0 Å². The molecule has 0 unspecified atom stereocenters. The molecular formula is C19H27N5O4S. The summed E-state index contributed by atoms with van der Waals surface area (Å²) in [5.74, 6) is 0.781. The molecule has 0 saturated carbocycles. The van der Waals surface area contributed by atoms with Crippen LogP contribution < -0.4 is 31.9 Å². The van der Waals surface area contributed by atoms with Gasteiger partial charge in [-0.05, 0) is 42.9 Å². The number of ether oxygens (including phenoxy) is 2. The molecule has 9 nitrogen and oxygen atoms in total. The first kappa shape index (κ1) is 22.4. The lowest BCUT2D eigenvalue weighted by atomic mass is 10.3. The standard InChI is InChI=1S/C19H27N5O4S/c1-4-5-10-24-16(20)15(17(25)22-18(24)26)23(11-12-27-2)19(29)21-13-6-8-14(28-3)9-7-13/h6-9H,4-5,10-12,20H2,1-3H3,(H,21,29)(H,22,25,26). The van der Waals surface area contributed by atoms with Crippen LogP contribution in [0.1, 0.15) is 19.8 Å². The number of hydrogen-bond acceptors (Lipinski definition) is 6. The molecule has 0 fully saturated rings. The minimum Gasteiger partial charge on any atom is -0.497 e. The van der Waals surface area contributed by atoms with Gasteiger partial charge < -0.3 is 25.4 Å². The lowest BCUT2D eigenvalue weighted by molar-refractivity contribution is 0.208. The third-order valence-electron chi connectivity index (χ3n) is 4.32. The van der Waals surface area contributed by atoms with Crippen molar-refractivity contribution in [1.29, 1.82) is 0 Å². The zero-order valence-corrected chi connectivity index (χ0v) is 17.7. The van der Waals surface area contributed by atoms with E-state index in [4.69, 9.17) is 27.4 Å². The number of nitrogen functional groups attached to an aromatic ring is 1. The largest absolute Gasteiger partial charge is 0.497 e. The van der Waals surface area contributed by atoms with Gasteiger partial charge in [-0.3, -0.25) is 14.3 Å². The van der Waals surface area contributed by atoms with E-state index in [9.17, 15) is 9.59 Å². The molecule has 0 atom stereocenters. The molecule has 2 aromatic rings. The highest BCUT2D eigenvalue weighted by atomic mass is 32.1. The Morgan fingerprint density at radius 3 is 2.55 bits per heavy atom. The fourth-order valence-electron chi connectivity index (χ4n) is 2.74. The maximum absolute atomic E-state index is 12.6. The zero-order valence-electron chi connectivity index (χ0n) is 16.9. The average molecular weight is 422 g/mol. The fraction of sp³-hybridized carbons (Fsp3) is 0.421. The molecule has 1 heterocycles. The van der Waals surface area contributed by atoms with Crippen LogP contribution in [-0.2, 0) is 11.3 Å². The van der Waals surface area contributed by atoms with Crippen molar-refractivity contribution in [1.82, 2.24) is 9.55 Å². The molecule has 10 heteroatoms. The first-order chi connectivity index (χ1) is 13.9. The maximum Gasteiger partial charge on any atom is 0.330 e. The van der Waals surface area contributed by atoms with E-state index in [-0.39, 0.29) is 23.2 Å². The lowest BCUT2D eigenvalue weighted by Crippen LogP contribution is -2.44. The number of hydrogen-bond donors (Lipinski definition) is 3. The molecule has 29 heavy (non-hydrogen) atoms. The van der Waals surface area contributed by atoms with Crippen LogP contribution in [-0.4, -0.2) is 42.0 Å². The van der Waals surface area contributed by atoms with Gasteiger partial charge in [0, 0.05) is 25.9 Å². The number of unbranched alkanes of at least 4 members (excludes halogenated alkanes) is 1. The number of thiocarbonyl (C=S) groups is 1. The predicted octanol–water partition coefficient (Wildman–Crippen LogP) is 1.78.